The number of carboxylic acid groups (broad SMARTS) is 1. The second-order valence-corrected chi connectivity index (χ2v) is 4.28. The predicted octanol–water partition coefficient (Wildman–Crippen LogP) is 1.43. The Morgan fingerprint density at radius 2 is 2.10 bits per heavy atom. The molecule has 6 nitrogen and oxygen atoms in total. The predicted molar refractivity (Wildman–Crippen MR) is 68.6 cm³/mol. The third-order valence-electron chi connectivity index (χ3n) is 2.58. The molecule has 0 aliphatic carbocycles. The first kappa shape index (κ1) is 14.6. The molecule has 0 bridgehead atoms. The summed E-state index contributed by atoms with van der Waals surface area (Å²) in [5.74, 6) is -3.10. The minimum atomic E-state index is -1.07. The van der Waals surface area contributed by atoms with Gasteiger partial charge in [-0.2, -0.15) is 5.10 Å². The summed E-state index contributed by atoms with van der Waals surface area (Å²) in [6, 6.07) is 2.96. The molecule has 0 saturated carbocycles. The van der Waals surface area contributed by atoms with E-state index in [9.17, 15) is 18.4 Å². The maximum atomic E-state index is 13.4. The van der Waals surface area contributed by atoms with Gasteiger partial charge in [-0.05, 0) is 11.6 Å². The molecular weight excluding hydrogens is 284 g/mol. The average Bonchev–Trinajstić information content (AvgIpc) is 2.79. The summed E-state index contributed by atoms with van der Waals surface area (Å²) in [5, 5.41) is 14.8. The summed E-state index contributed by atoms with van der Waals surface area (Å²) in [6.45, 7) is -0.331. The Bertz CT molecular complexity index is 685. The van der Waals surface area contributed by atoms with Crippen LogP contribution < -0.4 is 5.32 Å². The van der Waals surface area contributed by atoms with E-state index in [4.69, 9.17) is 5.11 Å². The number of hydrogen-bond donors (Lipinski definition) is 2. The van der Waals surface area contributed by atoms with Crippen LogP contribution in [0.5, 0.6) is 0 Å². The van der Waals surface area contributed by atoms with E-state index in [1.165, 1.54) is 18.5 Å². The van der Waals surface area contributed by atoms with Gasteiger partial charge < -0.3 is 10.4 Å². The van der Waals surface area contributed by atoms with Crippen LogP contribution in [0, 0.1) is 11.6 Å². The van der Waals surface area contributed by atoms with Crippen molar-refractivity contribution in [2.24, 2.45) is 0 Å². The normalized spacial score (nSPS) is 10.4. The lowest BCUT2D eigenvalue weighted by Gasteiger charge is -2.04. The fourth-order valence-corrected chi connectivity index (χ4v) is 1.70. The number of carbonyl (C=O) groups excluding carboxylic acids is 1. The zero-order valence-corrected chi connectivity index (χ0v) is 10.7. The molecule has 0 radical (unpaired) electrons. The standard InChI is InChI=1S/C13H11F2N3O3/c14-9-2-1-8(11(15)4-9)3-12(19)17-10-5-16-18(6-10)7-13(20)21/h1-2,4-6H,3,7H2,(H,17,19)(H,20,21). The summed E-state index contributed by atoms with van der Waals surface area (Å²) in [6.07, 6.45) is 2.35. The van der Waals surface area contributed by atoms with Crippen LogP contribution in [0.4, 0.5) is 14.5 Å². The van der Waals surface area contributed by atoms with E-state index < -0.39 is 23.5 Å². The summed E-state index contributed by atoms with van der Waals surface area (Å²) in [7, 11) is 0. The van der Waals surface area contributed by atoms with E-state index in [2.05, 4.69) is 10.4 Å². The molecule has 0 atom stereocenters. The van der Waals surface area contributed by atoms with Crippen LogP contribution in [0.2, 0.25) is 0 Å². The van der Waals surface area contributed by atoms with Gasteiger partial charge in [0, 0.05) is 12.3 Å². The lowest BCUT2D eigenvalue weighted by Crippen LogP contribution is -2.15. The molecule has 0 spiro atoms. The molecular formula is C13H11F2N3O3. The number of nitrogens with zero attached hydrogens (tertiary/aromatic N) is 2. The molecule has 110 valence electrons. The van der Waals surface area contributed by atoms with Gasteiger partial charge in [0.1, 0.15) is 18.2 Å². The lowest BCUT2D eigenvalue weighted by atomic mass is 10.1. The highest BCUT2D eigenvalue weighted by Crippen LogP contribution is 2.12. The van der Waals surface area contributed by atoms with Gasteiger partial charge >= 0.3 is 5.97 Å². The fraction of sp³-hybridized carbons (Fsp3) is 0.154. The van der Waals surface area contributed by atoms with Gasteiger partial charge in [-0.25, -0.2) is 8.78 Å². The van der Waals surface area contributed by atoms with E-state index in [1.54, 1.807) is 0 Å². The zero-order valence-electron chi connectivity index (χ0n) is 10.7. The van der Waals surface area contributed by atoms with Crippen molar-refractivity contribution in [2.45, 2.75) is 13.0 Å². The topological polar surface area (TPSA) is 84.2 Å². The number of hydrogen-bond acceptors (Lipinski definition) is 3. The minimum Gasteiger partial charge on any atom is -0.480 e. The lowest BCUT2D eigenvalue weighted by molar-refractivity contribution is -0.137. The Hall–Kier alpha value is -2.77. The van der Waals surface area contributed by atoms with Crippen molar-refractivity contribution in [2.75, 3.05) is 5.32 Å². The maximum absolute atomic E-state index is 13.4. The molecule has 2 aromatic rings. The Morgan fingerprint density at radius 1 is 1.33 bits per heavy atom. The largest absolute Gasteiger partial charge is 0.480 e. The summed E-state index contributed by atoms with van der Waals surface area (Å²) in [5.41, 5.74) is 0.357. The first-order chi connectivity index (χ1) is 9.94. The third kappa shape index (κ3) is 4.10. The van der Waals surface area contributed by atoms with Gasteiger partial charge in [0.05, 0.1) is 18.3 Å². The number of anilines is 1. The maximum Gasteiger partial charge on any atom is 0.325 e. The zero-order chi connectivity index (χ0) is 15.4. The molecule has 1 amide bonds. The van der Waals surface area contributed by atoms with Gasteiger partial charge in [-0.15, -0.1) is 0 Å². The second kappa shape index (κ2) is 6.12. The van der Waals surface area contributed by atoms with Crippen molar-refractivity contribution in [1.82, 2.24) is 9.78 Å². The number of amides is 1. The van der Waals surface area contributed by atoms with Gasteiger partial charge in [-0.1, -0.05) is 6.07 Å². The molecule has 0 unspecified atom stereocenters. The molecule has 8 heteroatoms. The first-order valence-corrected chi connectivity index (χ1v) is 5.92. The fourth-order valence-electron chi connectivity index (χ4n) is 1.70. The molecule has 2 rings (SSSR count). The summed E-state index contributed by atoms with van der Waals surface area (Å²) < 4.78 is 27.3. The number of carbonyl (C=O) groups is 2. The summed E-state index contributed by atoms with van der Waals surface area (Å²) >= 11 is 0. The van der Waals surface area contributed by atoms with E-state index >= 15 is 0 Å². The van der Waals surface area contributed by atoms with E-state index in [-0.39, 0.29) is 18.5 Å². The third-order valence-corrected chi connectivity index (χ3v) is 2.58. The van der Waals surface area contributed by atoms with E-state index in [0.717, 1.165) is 10.7 Å². The van der Waals surface area contributed by atoms with Crippen LogP contribution in [-0.4, -0.2) is 26.8 Å². The Morgan fingerprint density at radius 3 is 2.76 bits per heavy atom. The molecule has 1 aromatic carbocycles. The van der Waals surface area contributed by atoms with Crippen molar-refractivity contribution in [3.05, 3.63) is 47.8 Å². The van der Waals surface area contributed by atoms with Crippen molar-refractivity contribution in [3.63, 3.8) is 0 Å². The van der Waals surface area contributed by atoms with Crippen LogP contribution in [0.15, 0.2) is 30.6 Å². The summed E-state index contributed by atoms with van der Waals surface area (Å²) in [4.78, 5) is 22.2. The molecule has 0 fully saturated rings. The Balaban J connectivity index is 1.98. The minimum absolute atomic E-state index is 0.0619. The van der Waals surface area contributed by atoms with Crippen molar-refractivity contribution in [1.29, 1.82) is 0 Å². The highest BCUT2D eigenvalue weighted by Gasteiger charge is 2.11. The molecule has 1 heterocycles. The van der Waals surface area contributed by atoms with Crippen molar-refractivity contribution in [3.8, 4) is 0 Å². The van der Waals surface area contributed by atoms with Crippen LogP contribution in [0.25, 0.3) is 0 Å². The molecule has 21 heavy (non-hydrogen) atoms. The smallest absolute Gasteiger partial charge is 0.325 e. The molecule has 1 aromatic heterocycles. The average molecular weight is 295 g/mol. The van der Waals surface area contributed by atoms with E-state index in [1.807, 2.05) is 0 Å². The van der Waals surface area contributed by atoms with Gasteiger partial charge in [-0.3, -0.25) is 14.3 Å². The first-order valence-electron chi connectivity index (χ1n) is 5.92. The van der Waals surface area contributed by atoms with Crippen molar-refractivity contribution < 1.29 is 23.5 Å². The molecule has 0 saturated heterocycles. The highest BCUT2D eigenvalue weighted by molar-refractivity contribution is 5.92. The Kier molecular flexibility index (Phi) is 4.27. The van der Waals surface area contributed by atoms with Gasteiger partial charge in [0.15, 0.2) is 0 Å². The molecule has 0 aliphatic rings. The quantitative estimate of drug-likeness (QED) is 0.874. The number of rotatable bonds is 5. The Labute approximate surface area is 118 Å². The number of aromatic nitrogens is 2. The van der Waals surface area contributed by atoms with Crippen LogP contribution in [-0.2, 0) is 22.6 Å². The van der Waals surface area contributed by atoms with Crippen LogP contribution >= 0.6 is 0 Å². The van der Waals surface area contributed by atoms with Crippen LogP contribution in [0.3, 0.4) is 0 Å². The highest BCUT2D eigenvalue weighted by atomic mass is 19.1. The van der Waals surface area contributed by atoms with Crippen molar-refractivity contribution >= 4 is 17.6 Å². The number of nitrogens with one attached hydrogen (secondary N) is 1. The number of benzene rings is 1. The van der Waals surface area contributed by atoms with Crippen LogP contribution in [0.1, 0.15) is 5.56 Å². The molecule has 2 N–H and O–H groups in total. The van der Waals surface area contributed by atoms with E-state index in [0.29, 0.717) is 11.8 Å². The number of halogens is 2. The second-order valence-electron chi connectivity index (χ2n) is 4.28. The van der Waals surface area contributed by atoms with Gasteiger partial charge in [0.25, 0.3) is 0 Å². The number of carboxylic acids is 1. The SMILES string of the molecule is O=C(O)Cn1cc(NC(=O)Cc2ccc(F)cc2F)cn1. The molecule has 0 aliphatic heterocycles. The monoisotopic (exact) mass is 295 g/mol. The number of aliphatic carboxylic acids is 1. The van der Waals surface area contributed by atoms with Gasteiger partial charge in [0.2, 0.25) is 5.91 Å².